The summed E-state index contributed by atoms with van der Waals surface area (Å²) in [4.78, 5) is 4.20. The van der Waals surface area contributed by atoms with Gasteiger partial charge in [0.25, 0.3) is 0 Å². The van der Waals surface area contributed by atoms with E-state index in [1.54, 1.807) is 11.8 Å². The molecule has 1 fully saturated rings. The van der Waals surface area contributed by atoms with Crippen LogP contribution in [0.1, 0.15) is 43.2 Å². The van der Waals surface area contributed by atoms with Crippen molar-refractivity contribution in [2.24, 2.45) is 0 Å². The van der Waals surface area contributed by atoms with Crippen LogP contribution in [0.2, 0.25) is 0 Å². The predicted molar refractivity (Wildman–Crippen MR) is 70.8 cm³/mol. The fourth-order valence-electron chi connectivity index (χ4n) is 2.11. The summed E-state index contributed by atoms with van der Waals surface area (Å²) in [7, 11) is 0. The number of nitrogens with zero attached hydrogens (tertiary/aromatic N) is 3. The highest BCUT2D eigenvalue weighted by atomic mass is 32.2. The summed E-state index contributed by atoms with van der Waals surface area (Å²) in [5.74, 6) is 0.217. The smallest absolute Gasteiger partial charge is 0.142 e. The fraction of sp³-hybridized carbons (Fsp3) is 0.462. The summed E-state index contributed by atoms with van der Waals surface area (Å²) in [6.07, 6.45) is 6.11. The molecular weight excluding hydrogens is 244 g/mol. The zero-order chi connectivity index (χ0) is 13.0. The summed E-state index contributed by atoms with van der Waals surface area (Å²) in [6, 6.07) is 5.59. The Morgan fingerprint density at radius 3 is 2.44 bits per heavy atom. The first-order valence-electron chi connectivity index (χ1n) is 6.02. The number of thioether (sulfide) groups is 1. The Morgan fingerprint density at radius 1 is 1.17 bits per heavy atom. The molecule has 0 saturated heterocycles. The lowest BCUT2D eigenvalue weighted by Crippen LogP contribution is -2.09. The maximum absolute atomic E-state index is 9.11. The molecule has 1 aliphatic carbocycles. The van der Waals surface area contributed by atoms with Gasteiger partial charge in [0.2, 0.25) is 0 Å². The second-order valence-electron chi connectivity index (χ2n) is 4.38. The van der Waals surface area contributed by atoms with Gasteiger partial charge in [0.05, 0.1) is 11.1 Å². The second-order valence-corrected chi connectivity index (χ2v) is 5.66. The lowest BCUT2D eigenvalue weighted by atomic mass is 10.0. The average Bonchev–Trinajstić information content (AvgIpc) is 2.40. The molecule has 0 unspecified atom stereocenters. The van der Waals surface area contributed by atoms with Crippen LogP contribution >= 0.6 is 11.8 Å². The summed E-state index contributed by atoms with van der Waals surface area (Å²) < 4.78 is 0. The minimum atomic E-state index is 0.217. The van der Waals surface area contributed by atoms with Crippen LogP contribution in [0.4, 0.5) is 5.82 Å². The van der Waals surface area contributed by atoms with E-state index in [-0.39, 0.29) is 11.4 Å². The van der Waals surface area contributed by atoms with E-state index in [2.05, 4.69) is 11.1 Å². The van der Waals surface area contributed by atoms with Crippen molar-refractivity contribution < 1.29 is 0 Å². The Kier molecular flexibility index (Phi) is 4.07. The SMILES string of the molecule is N#Cc1cc(C#N)c(SC2CCCCC2)nc1N. The summed E-state index contributed by atoms with van der Waals surface area (Å²) >= 11 is 1.63. The standard InChI is InChI=1S/C13H14N4S/c14-7-9-6-10(8-15)13(17-12(9)16)18-11-4-2-1-3-5-11/h6,11H,1-5H2,(H2,16,17). The van der Waals surface area contributed by atoms with Gasteiger partial charge in [-0.3, -0.25) is 0 Å². The van der Waals surface area contributed by atoms with Crippen molar-refractivity contribution >= 4 is 17.6 Å². The van der Waals surface area contributed by atoms with Crippen LogP contribution in [-0.2, 0) is 0 Å². The molecule has 92 valence electrons. The van der Waals surface area contributed by atoms with E-state index in [1.807, 2.05) is 6.07 Å². The molecule has 5 heteroatoms. The van der Waals surface area contributed by atoms with Gasteiger partial charge in [-0.1, -0.05) is 19.3 Å². The Bertz CT molecular complexity index is 521. The fourth-order valence-corrected chi connectivity index (χ4v) is 3.38. The third-order valence-electron chi connectivity index (χ3n) is 3.09. The van der Waals surface area contributed by atoms with Crippen LogP contribution < -0.4 is 5.73 Å². The highest BCUT2D eigenvalue weighted by Gasteiger charge is 2.18. The molecule has 2 N–H and O–H groups in total. The molecule has 0 aliphatic heterocycles. The number of anilines is 1. The van der Waals surface area contributed by atoms with Gasteiger partial charge in [-0.15, -0.1) is 11.8 Å². The van der Waals surface area contributed by atoms with Gasteiger partial charge in [-0.05, 0) is 18.9 Å². The van der Waals surface area contributed by atoms with Crippen LogP contribution in [0.25, 0.3) is 0 Å². The molecule has 0 spiro atoms. The number of rotatable bonds is 2. The number of hydrogen-bond donors (Lipinski definition) is 1. The molecule has 0 amide bonds. The van der Waals surface area contributed by atoms with E-state index in [4.69, 9.17) is 16.3 Å². The minimum Gasteiger partial charge on any atom is -0.383 e. The lowest BCUT2D eigenvalue weighted by Gasteiger charge is -2.20. The van der Waals surface area contributed by atoms with Crippen molar-refractivity contribution in [1.82, 2.24) is 4.98 Å². The van der Waals surface area contributed by atoms with E-state index in [0.717, 1.165) is 12.8 Å². The first-order chi connectivity index (χ1) is 8.74. The molecule has 1 saturated carbocycles. The molecule has 1 heterocycles. The Morgan fingerprint density at radius 2 is 1.83 bits per heavy atom. The number of aromatic nitrogens is 1. The molecule has 0 aromatic carbocycles. The molecule has 2 rings (SSSR count). The van der Waals surface area contributed by atoms with Crippen molar-refractivity contribution in [3.8, 4) is 12.1 Å². The molecule has 18 heavy (non-hydrogen) atoms. The first kappa shape index (κ1) is 12.7. The maximum Gasteiger partial charge on any atom is 0.142 e. The van der Waals surface area contributed by atoms with Gasteiger partial charge in [-0.2, -0.15) is 10.5 Å². The third kappa shape index (κ3) is 2.75. The summed E-state index contributed by atoms with van der Waals surface area (Å²) in [6.45, 7) is 0. The number of nitrogens with two attached hydrogens (primary N) is 1. The first-order valence-corrected chi connectivity index (χ1v) is 6.90. The monoisotopic (exact) mass is 258 g/mol. The largest absolute Gasteiger partial charge is 0.383 e. The molecule has 1 aromatic heterocycles. The molecular formula is C13H14N4S. The zero-order valence-corrected chi connectivity index (χ0v) is 10.8. The summed E-state index contributed by atoms with van der Waals surface area (Å²) in [5.41, 5.74) is 6.44. The van der Waals surface area contributed by atoms with Crippen molar-refractivity contribution in [2.45, 2.75) is 42.4 Å². The van der Waals surface area contributed by atoms with E-state index < -0.39 is 0 Å². The Labute approximate surface area is 111 Å². The highest BCUT2D eigenvalue weighted by molar-refractivity contribution is 7.99. The number of nitrogen functional groups attached to an aromatic ring is 1. The van der Waals surface area contributed by atoms with Crippen LogP contribution in [0, 0.1) is 22.7 Å². The van der Waals surface area contributed by atoms with Gasteiger partial charge < -0.3 is 5.73 Å². The maximum atomic E-state index is 9.11. The topological polar surface area (TPSA) is 86.5 Å². The van der Waals surface area contributed by atoms with E-state index in [0.29, 0.717) is 15.8 Å². The number of hydrogen-bond acceptors (Lipinski definition) is 5. The zero-order valence-electron chi connectivity index (χ0n) is 10.0. The molecule has 0 radical (unpaired) electrons. The van der Waals surface area contributed by atoms with Gasteiger partial charge in [0, 0.05) is 5.25 Å². The third-order valence-corrected chi connectivity index (χ3v) is 4.43. The van der Waals surface area contributed by atoms with Crippen molar-refractivity contribution in [3.63, 3.8) is 0 Å². The van der Waals surface area contributed by atoms with Gasteiger partial charge in [-0.25, -0.2) is 4.98 Å². The highest BCUT2D eigenvalue weighted by Crippen LogP contribution is 2.34. The van der Waals surface area contributed by atoms with E-state index in [9.17, 15) is 0 Å². The van der Waals surface area contributed by atoms with E-state index in [1.165, 1.54) is 25.3 Å². The van der Waals surface area contributed by atoms with Crippen LogP contribution in [0.5, 0.6) is 0 Å². The Balaban J connectivity index is 2.24. The van der Waals surface area contributed by atoms with Crippen molar-refractivity contribution in [3.05, 3.63) is 17.2 Å². The summed E-state index contributed by atoms with van der Waals surface area (Å²) in [5, 5.41) is 19.2. The van der Waals surface area contributed by atoms with Crippen molar-refractivity contribution in [2.75, 3.05) is 5.73 Å². The second kappa shape index (κ2) is 5.75. The van der Waals surface area contributed by atoms with Crippen molar-refractivity contribution in [1.29, 1.82) is 10.5 Å². The lowest BCUT2D eigenvalue weighted by molar-refractivity contribution is 0.515. The van der Waals surface area contributed by atoms with Crippen LogP contribution in [-0.4, -0.2) is 10.2 Å². The van der Waals surface area contributed by atoms with E-state index >= 15 is 0 Å². The number of nitriles is 2. The van der Waals surface area contributed by atoms with Gasteiger partial charge in [0.15, 0.2) is 0 Å². The minimum absolute atomic E-state index is 0.217. The Hall–Kier alpha value is -1.72. The van der Waals surface area contributed by atoms with Gasteiger partial charge in [0.1, 0.15) is 23.0 Å². The number of pyridine rings is 1. The van der Waals surface area contributed by atoms with Crippen LogP contribution in [0.3, 0.4) is 0 Å². The normalized spacial score (nSPS) is 15.9. The molecule has 1 aliphatic rings. The quantitative estimate of drug-likeness (QED) is 0.881. The van der Waals surface area contributed by atoms with Crippen LogP contribution in [0.15, 0.2) is 11.1 Å². The van der Waals surface area contributed by atoms with Gasteiger partial charge >= 0.3 is 0 Å². The molecule has 0 bridgehead atoms. The molecule has 0 atom stereocenters. The predicted octanol–water partition coefficient (Wildman–Crippen LogP) is 2.83. The average molecular weight is 258 g/mol. The molecule has 4 nitrogen and oxygen atoms in total. The molecule has 1 aromatic rings.